The first-order valence-electron chi connectivity index (χ1n) is 3.80. The molecule has 0 aliphatic rings. The minimum atomic E-state index is -0.513. The van der Waals surface area contributed by atoms with Gasteiger partial charge in [-0.2, -0.15) is 5.26 Å². The maximum Gasteiger partial charge on any atom is 0.284 e. The molecule has 0 aliphatic carbocycles. The quantitative estimate of drug-likeness (QED) is 0.381. The topological polar surface area (TPSA) is 66.9 Å². The van der Waals surface area contributed by atoms with Crippen LogP contribution >= 0.6 is 0 Å². The number of rotatable bonds is 1. The third kappa shape index (κ3) is 2.09. The van der Waals surface area contributed by atoms with Crippen molar-refractivity contribution in [1.82, 2.24) is 0 Å². The van der Waals surface area contributed by atoms with Gasteiger partial charge in [-0.15, -0.1) is 0 Å². The van der Waals surface area contributed by atoms with Gasteiger partial charge in [-0.25, -0.2) is 0 Å². The fourth-order valence-electron chi connectivity index (χ4n) is 1.00. The van der Waals surface area contributed by atoms with E-state index < -0.39 is 4.92 Å². The summed E-state index contributed by atoms with van der Waals surface area (Å²) in [6, 6.07) is 6.22. The Kier molecular flexibility index (Phi) is 2.83. The molecule has 0 N–H and O–H groups in total. The summed E-state index contributed by atoms with van der Waals surface area (Å²) in [4.78, 5) is 10.0. The minimum Gasteiger partial charge on any atom is -0.258 e. The zero-order valence-electron chi connectivity index (χ0n) is 7.44. The molecule has 0 amide bonds. The third-order valence-electron chi connectivity index (χ3n) is 1.60. The van der Waals surface area contributed by atoms with E-state index in [1.165, 1.54) is 6.07 Å². The van der Waals surface area contributed by atoms with Crippen molar-refractivity contribution < 1.29 is 4.92 Å². The van der Waals surface area contributed by atoms with Gasteiger partial charge in [-0.3, -0.25) is 10.1 Å². The molecule has 0 aromatic heterocycles. The standard InChI is InChI=1S/C10H6N2O2/c1-8-4-5-10(12(13)14)9(7-8)3-2-6-11/h4-5,7H,1H3. The molecule has 0 heterocycles. The van der Waals surface area contributed by atoms with Gasteiger partial charge in [0.1, 0.15) is 5.56 Å². The van der Waals surface area contributed by atoms with E-state index in [1.807, 2.05) is 0 Å². The molecule has 0 atom stereocenters. The van der Waals surface area contributed by atoms with Gasteiger partial charge in [0, 0.05) is 12.0 Å². The molecule has 1 aromatic carbocycles. The van der Waals surface area contributed by atoms with Crippen LogP contribution < -0.4 is 0 Å². The van der Waals surface area contributed by atoms with Crippen molar-refractivity contribution in [1.29, 1.82) is 5.26 Å². The highest BCUT2D eigenvalue weighted by Gasteiger charge is 2.10. The number of nitrogens with zero attached hydrogens (tertiary/aromatic N) is 2. The van der Waals surface area contributed by atoms with Crippen molar-refractivity contribution in [3.8, 4) is 17.9 Å². The van der Waals surface area contributed by atoms with E-state index in [9.17, 15) is 10.1 Å². The molecular formula is C10H6N2O2. The third-order valence-corrected chi connectivity index (χ3v) is 1.60. The predicted molar refractivity (Wildman–Crippen MR) is 50.3 cm³/mol. The molecular weight excluding hydrogens is 180 g/mol. The maximum absolute atomic E-state index is 10.6. The Morgan fingerprint density at radius 3 is 2.79 bits per heavy atom. The Morgan fingerprint density at radius 2 is 2.21 bits per heavy atom. The van der Waals surface area contributed by atoms with Crippen LogP contribution in [0.1, 0.15) is 11.1 Å². The maximum atomic E-state index is 10.6. The molecule has 4 nitrogen and oxygen atoms in total. The van der Waals surface area contributed by atoms with Gasteiger partial charge in [0.25, 0.3) is 5.69 Å². The average molecular weight is 186 g/mol. The SMILES string of the molecule is Cc1ccc([N+](=O)[O-])c(C#CC#N)c1. The van der Waals surface area contributed by atoms with E-state index in [1.54, 1.807) is 25.1 Å². The Hall–Kier alpha value is -2.33. The van der Waals surface area contributed by atoms with E-state index in [0.717, 1.165) is 5.56 Å². The molecule has 0 spiro atoms. The summed E-state index contributed by atoms with van der Waals surface area (Å²) in [6.07, 6.45) is 0. The monoisotopic (exact) mass is 186 g/mol. The molecule has 0 bridgehead atoms. The molecule has 0 saturated heterocycles. The van der Waals surface area contributed by atoms with Crippen LogP contribution in [0.4, 0.5) is 5.69 Å². The molecule has 14 heavy (non-hydrogen) atoms. The second-order valence-electron chi connectivity index (χ2n) is 2.64. The molecule has 68 valence electrons. The molecule has 0 fully saturated rings. The first-order valence-corrected chi connectivity index (χ1v) is 3.80. The van der Waals surface area contributed by atoms with Crippen LogP contribution in [-0.2, 0) is 0 Å². The summed E-state index contributed by atoms with van der Waals surface area (Å²) < 4.78 is 0. The number of hydrogen-bond donors (Lipinski definition) is 0. The summed E-state index contributed by atoms with van der Waals surface area (Å²) in [5.41, 5.74) is 1.08. The van der Waals surface area contributed by atoms with E-state index in [-0.39, 0.29) is 11.3 Å². The minimum absolute atomic E-state index is 0.0710. The van der Waals surface area contributed by atoms with Gasteiger partial charge in [0.15, 0.2) is 6.07 Å². The lowest BCUT2D eigenvalue weighted by Crippen LogP contribution is -1.92. The molecule has 0 saturated carbocycles. The van der Waals surface area contributed by atoms with Crippen LogP contribution in [0, 0.1) is 40.2 Å². The molecule has 4 heteroatoms. The average Bonchev–Trinajstić information content (AvgIpc) is 2.14. The van der Waals surface area contributed by atoms with Crippen molar-refractivity contribution >= 4 is 5.69 Å². The lowest BCUT2D eigenvalue weighted by molar-refractivity contribution is -0.385. The Balaban J connectivity index is 3.31. The predicted octanol–water partition coefficient (Wildman–Crippen LogP) is 1.78. The van der Waals surface area contributed by atoms with Crippen LogP contribution in [-0.4, -0.2) is 4.92 Å². The molecule has 0 unspecified atom stereocenters. The van der Waals surface area contributed by atoms with E-state index in [4.69, 9.17) is 5.26 Å². The van der Waals surface area contributed by atoms with E-state index in [0.29, 0.717) is 0 Å². The van der Waals surface area contributed by atoms with Crippen molar-refractivity contribution in [3.63, 3.8) is 0 Å². The number of nitriles is 1. The normalized spacial score (nSPS) is 8.29. The largest absolute Gasteiger partial charge is 0.284 e. The van der Waals surface area contributed by atoms with Gasteiger partial charge in [-0.1, -0.05) is 6.07 Å². The van der Waals surface area contributed by atoms with Crippen molar-refractivity contribution in [2.45, 2.75) is 6.92 Å². The number of nitro groups is 1. The van der Waals surface area contributed by atoms with Crippen molar-refractivity contribution in [2.24, 2.45) is 0 Å². The second kappa shape index (κ2) is 4.06. The van der Waals surface area contributed by atoms with Gasteiger partial charge in [-0.05, 0) is 24.5 Å². The van der Waals surface area contributed by atoms with Crippen LogP contribution in [0.25, 0.3) is 0 Å². The summed E-state index contributed by atoms with van der Waals surface area (Å²) in [7, 11) is 0. The second-order valence-corrected chi connectivity index (χ2v) is 2.64. The first-order chi connectivity index (χ1) is 6.65. The zero-order valence-corrected chi connectivity index (χ0v) is 7.44. The van der Waals surface area contributed by atoms with Gasteiger partial charge in [0.05, 0.1) is 4.92 Å². The van der Waals surface area contributed by atoms with Crippen LogP contribution in [0.15, 0.2) is 18.2 Å². The number of benzene rings is 1. The molecule has 1 aromatic rings. The van der Waals surface area contributed by atoms with E-state index in [2.05, 4.69) is 11.8 Å². The number of aryl methyl sites for hydroxylation is 1. The highest BCUT2D eigenvalue weighted by molar-refractivity contribution is 5.53. The van der Waals surface area contributed by atoms with Gasteiger partial charge in [0.2, 0.25) is 0 Å². The Morgan fingerprint density at radius 1 is 1.50 bits per heavy atom. The lowest BCUT2D eigenvalue weighted by Gasteiger charge is -1.96. The molecule has 0 radical (unpaired) electrons. The molecule has 1 rings (SSSR count). The number of hydrogen-bond acceptors (Lipinski definition) is 3. The fraction of sp³-hybridized carbons (Fsp3) is 0.100. The fourth-order valence-corrected chi connectivity index (χ4v) is 1.00. The first kappa shape index (κ1) is 9.76. The lowest BCUT2D eigenvalue weighted by atomic mass is 10.1. The Labute approximate surface area is 80.9 Å². The summed E-state index contributed by atoms with van der Waals surface area (Å²) in [5.74, 6) is 4.57. The van der Waals surface area contributed by atoms with Crippen LogP contribution in [0.5, 0.6) is 0 Å². The van der Waals surface area contributed by atoms with Crippen LogP contribution in [0.2, 0.25) is 0 Å². The van der Waals surface area contributed by atoms with E-state index >= 15 is 0 Å². The highest BCUT2D eigenvalue weighted by Crippen LogP contribution is 2.18. The summed E-state index contributed by atoms with van der Waals surface area (Å²) in [5, 5.41) is 18.8. The van der Waals surface area contributed by atoms with Crippen molar-refractivity contribution in [3.05, 3.63) is 39.4 Å². The zero-order chi connectivity index (χ0) is 10.6. The summed E-state index contributed by atoms with van der Waals surface area (Å²) in [6.45, 7) is 1.81. The smallest absolute Gasteiger partial charge is 0.258 e. The Bertz CT molecular complexity index is 475. The summed E-state index contributed by atoms with van der Waals surface area (Å²) >= 11 is 0. The van der Waals surface area contributed by atoms with Crippen molar-refractivity contribution in [2.75, 3.05) is 0 Å². The van der Waals surface area contributed by atoms with Gasteiger partial charge >= 0.3 is 0 Å². The highest BCUT2D eigenvalue weighted by atomic mass is 16.6. The van der Waals surface area contributed by atoms with Gasteiger partial charge < -0.3 is 0 Å². The molecule has 0 aliphatic heterocycles. The number of nitro benzene ring substituents is 1. The van der Waals surface area contributed by atoms with Crippen LogP contribution in [0.3, 0.4) is 0 Å².